The number of nitrogens with two attached hydrogens (primary N) is 1. The minimum atomic E-state index is -0.897. The average Bonchev–Trinajstić information content (AvgIpc) is 1.84. The predicted molar refractivity (Wildman–Crippen MR) is 36.7 cm³/mol. The van der Waals surface area contributed by atoms with Crippen LogP contribution >= 0.6 is 0 Å². The molecule has 0 aromatic heterocycles. The Labute approximate surface area is 60.8 Å². The van der Waals surface area contributed by atoms with E-state index in [9.17, 15) is 4.79 Å². The van der Waals surface area contributed by atoms with Crippen LogP contribution in [0.1, 0.15) is 6.92 Å². The van der Waals surface area contributed by atoms with Crippen molar-refractivity contribution >= 4 is 20.9 Å². The first-order valence-corrected chi connectivity index (χ1v) is 5.31. The van der Waals surface area contributed by atoms with Crippen LogP contribution in [0.3, 0.4) is 0 Å². The Morgan fingerprint density at radius 2 is 2.22 bits per heavy atom. The number of carboxylic acids is 1. The predicted octanol–water partition coefficient (Wildman–Crippen LogP) is -0.0410. The van der Waals surface area contributed by atoms with Crippen LogP contribution in [0.15, 0.2) is 0 Å². The first-order chi connectivity index (χ1) is 4.09. The van der Waals surface area contributed by atoms with Gasteiger partial charge in [0.15, 0.2) is 0 Å². The molecule has 0 bridgehead atoms. The molecule has 0 heterocycles. The summed E-state index contributed by atoms with van der Waals surface area (Å²) in [6.45, 7) is 1.86. The van der Waals surface area contributed by atoms with Crippen LogP contribution in [0.5, 0.6) is 0 Å². The molecular formula is C5H11NO2Se. The van der Waals surface area contributed by atoms with Crippen LogP contribution in [0.2, 0.25) is 10.6 Å². The number of hydrogen-bond donors (Lipinski definition) is 2. The molecule has 9 heavy (non-hydrogen) atoms. The van der Waals surface area contributed by atoms with Crippen molar-refractivity contribution < 1.29 is 9.90 Å². The van der Waals surface area contributed by atoms with E-state index in [1.165, 1.54) is 0 Å². The van der Waals surface area contributed by atoms with E-state index in [-0.39, 0.29) is 4.82 Å². The van der Waals surface area contributed by atoms with Gasteiger partial charge in [-0.15, -0.1) is 0 Å². The van der Waals surface area contributed by atoms with E-state index in [1.54, 1.807) is 0 Å². The molecule has 0 aromatic rings. The van der Waals surface area contributed by atoms with E-state index < -0.39 is 12.0 Å². The molecule has 0 aliphatic rings. The molecule has 3 nitrogen and oxygen atoms in total. The van der Waals surface area contributed by atoms with E-state index in [2.05, 4.69) is 0 Å². The van der Waals surface area contributed by atoms with Crippen molar-refractivity contribution in [3.8, 4) is 0 Å². The third-order valence-corrected chi connectivity index (χ3v) is 3.34. The van der Waals surface area contributed by atoms with Gasteiger partial charge in [-0.25, -0.2) is 0 Å². The van der Waals surface area contributed by atoms with Gasteiger partial charge in [0.25, 0.3) is 0 Å². The molecule has 0 saturated carbocycles. The van der Waals surface area contributed by atoms with Crippen molar-refractivity contribution in [1.82, 2.24) is 0 Å². The molecule has 0 aliphatic heterocycles. The molecule has 0 spiro atoms. The Balaban J connectivity index is 3.72. The van der Waals surface area contributed by atoms with E-state index in [4.69, 9.17) is 10.8 Å². The third kappa shape index (κ3) is 2.84. The van der Waals surface area contributed by atoms with Crippen LogP contribution in [0.4, 0.5) is 0 Å². The molecule has 0 aliphatic carbocycles. The van der Waals surface area contributed by atoms with Crippen molar-refractivity contribution in [2.45, 2.75) is 23.6 Å². The molecule has 3 N–H and O–H groups in total. The topological polar surface area (TPSA) is 63.3 Å². The fourth-order valence-electron chi connectivity index (χ4n) is 0.347. The van der Waals surface area contributed by atoms with Gasteiger partial charge in [0.1, 0.15) is 0 Å². The van der Waals surface area contributed by atoms with Gasteiger partial charge in [-0.3, -0.25) is 0 Å². The van der Waals surface area contributed by atoms with Gasteiger partial charge in [-0.1, -0.05) is 0 Å². The van der Waals surface area contributed by atoms with Crippen molar-refractivity contribution in [2.24, 2.45) is 5.73 Å². The van der Waals surface area contributed by atoms with Crippen molar-refractivity contribution in [3.05, 3.63) is 0 Å². The zero-order valence-electron chi connectivity index (χ0n) is 5.50. The first-order valence-electron chi connectivity index (χ1n) is 2.60. The van der Waals surface area contributed by atoms with Crippen molar-refractivity contribution in [2.75, 3.05) is 0 Å². The summed E-state index contributed by atoms with van der Waals surface area (Å²) in [7, 11) is 0. The summed E-state index contributed by atoms with van der Waals surface area (Å²) < 4.78 is 0. The zero-order valence-corrected chi connectivity index (χ0v) is 7.21. The summed E-state index contributed by atoms with van der Waals surface area (Å²) in [5.41, 5.74) is 5.29. The molecule has 0 saturated heterocycles. The summed E-state index contributed by atoms with van der Waals surface area (Å²) in [4.78, 5) is 10.3. The summed E-state index contributed by atoms with van der Waals surface area (Å²) in [5, 5.41) is 8.37. The zero-order chi connectivity index (χ0) is 7.44. The molecule has 0 amide bonds. The van der Waals surface area contributed by atoms with E-state index in [0.29, 0.717) is 15.0 Å². The fourth-order valence-corrected chi connectivity index (χ4v) is 1.21. The Kier molecular flexibility index (Phi) is 3.86. The van der Waals surface area contributed by atoms with Crippen LogP contribution in [-0.2, 0) is 4.79 Å². The molecule has 2 unspecified atom stereocenters. The molecule has 0 radical (unpaired) electrons. The van der Waals surface area contributed by atoms with Gasteiger partial charge >= 0.3 is 60.2 Å². The number of carbonyl (C=O) groups is 1. The molecule has 2 atom stereocenters. The van der Waals surface area contributed by atoms with E-state index in [0.717, 1.165) is 0 Å². The maximum atomic E-state index is 10.2. The average molecular weight is 196 g/mol. The van der Waals surface area contributed by atoms with Gasteiger partial charge < -0.3 is 0 Å². The van der Waals surface area contributed by atoms with Crippen LogP contribution in [0, 0.1) is 0 Å². The molecule has 0 rings (SSSR count). The van der Waals surface area contributed by atoms with Gasteiger partial charge in [-0.2, -0.15) is 0 Å². The standard InChI is InChI=1S/C5H11NO2Se/c1-3(9-2)4(6)5(7)8/h3-4H,6H2,1-2H3,(H,7,8). The number of hydrogen-bond acceptors (Lipinski definition) is 2. The Bertz CT molecular complexity index is 107. The summed E-state index contributed by atoms with van der Waals surface area (Å²) in [5.74, 6) is 1.09. The van der Waals surface area contributed by atoms with Crippen molar-refractivity contribution in [3.63, 3.8) is 0 Å². The summed E-state index contributed by atoms with van der Waals surface area (Å²) in [6.07, 6.45) is 0. The SMILES string of the molecule is C[Se]C(C)C(N)C(=O)O. The third-order valence-electron chi connectivity index (χ3n) is 1.16. The Morgan fingerprint density at radius 1 is 1.78 bits per heavy atom. The first kappa shape index (κ1) is 8.95. The molecule has 54 valence electrons. The molecule has 0 fully saturated rings. The van der Waals surface area contributed by atoms with E-state index >= 15 is 0 Å². The summed E-state index contributed by atoms with van der Waals surface area (Å²) in [6, 6.07) is -0.671. The number of aliphatic carboxylic acids is 1. The van der Waals surface area contributed by atoms with E-state index in [1.807, 2.05) is 12.7 Å². The molecule has 4 heteroatoms. The van der Waals surface area contributed by atoms with Crippen LogP contribution < -0.4 is 5.73 Å². The monoisotopic (exact) mass is 197 g/mol. The Hall–Kier alpha value is -0.0505. The number of carboxylic acid groups (broad SMARTS) is 1. The van der Waals surface area contributed by atoms with Gasteiger partial charge in [0, 0.05) is 0 Å². The quantitative estimate of drug-likeness (QED) is 0.622. The second-order valence-electron chi connectivity index (χ2n) is 1.80. The second kappa shape index (κ2) is 3.88. The maximum absolute atomic E-state index is 10.2. The normalized spacial score (nSPS) is 16.8. The summed E-state index contributed by atoms with van der Waals surface area (Å²) >= 11 is 0.331. The number of rotatable bonds is 3. The second-order valence-corrected chi connectivity index (χ2v) is 4.35. The molecule has 0 aromatic carbocycles. The van der Waals surface area contributed by atoms with Gasteiger partial charge in [-0.05, 0) is 0 Å². The fraction of sp³-hybridized carbons (Fsp3) is 0.800. The van der Waals surface area contributed by atoms with Crippen LogP contribution in [-0.4, -0.2) is 32.1 Å². The minimum absolute atomic E-state index is 0.134. The van der Waals surface area contributed by atoms with Gasteiger partial charge in [0.05, 0.1) is 0 Å². The van der Waals surface area contributed by atoms with Crippen LogP contribution in [0.25, 0.3) is 0 Å². The van der Waals surface area contributed by atoms with Crippen molar-refractivity contribution in [1.29, 1.82) is 0 Å². The Morgan fingerprint density at radius 3 is 2.33 bits per heavy atom. The van der Waals surface area contributed by atoms with Gasteiger partial charge in [0.2, 0.25) is 0 Å². The molecular weight excluding hydrogens is 185 g/mol.